The van der Waals surface area contributed by atoms with E-state index in [2.05, 4.69) is 15.2 Å². The second kappa shape index (κ2) is 4.09. The van der Waals surface area contributed by atoms with Gasteiger partial charge in [-0.05, 0) is 26.0 Å². The highest BCUT2D eigenvalue weighted by atomic mass is 16.2. The van der Waals surface area contributed by atoms with Gasteiger partial charge in [-0.25, -0.2) is 9.88 Å². The van der Waals surface area contributed by atoms with E-state index in [1.54, 1.807) is 32.0 Å². The number of benzene rings is 1. The first-order valence-corrected chi connectivity index (χ1v) is 5.96. The number of nitrogens with zero attached hydrogens (tertiary/aromatic N) is 4. The molecule has 1 aliphatic heterocycles. The lowest BCUT2D eigenvalue weighted by Gasteiger charge is -2.11. The van der Waals surface area contributed by atoms with Crippen LogP contribution in [0.25, 0.3) is 0 Å². The predicted molar refractivity (Wildman–Crippen MR) is 71.3 cm³/mol. The van der Waals surface area contributed by atoms with Crippen LogP contribution in [-0.4, -0.2) is 27.0 Å². The molecule has 0 bridgehead atoms. The molecule has 0 atom stereocenters. The van der Waals surface area contributed by atoms with Gasteiger partial charge in [-0.3, -0.25) is 9.59 Å². The molecule has 0 fully saturated rings. The lowest BCUT2D eigenvalue weighted by Crippen LogP contribution is -2.31. The van der Waals surface area contributed by atoms with Crippen molar-refractivity contribution in [3.8, 4) is 0 Å². The minimum absolute atomic E-state index is 0.0290. The standard InChI is InChI=1S/C13H11N5O2/c1-6-7(2)16-17-13(15-6)18-11(19)8-4-3-5-9(14)10(8)12(18)20/h3-5H,14H2,1-2H3. The van der Waals surface area contributed by atoms with E-state index in [0.29, 0.717) is 11.4 Å². The summed E-state index contributed by atoms with van der Waals surface area (Å²) in [6.45, 7) is 3.49. The van der Waals surface area contributed by atoms with Gasteiger partial charge in [0.1, 0.15) is 0 Å². The number of carbonyl (C=O) groups is 2. The number of hydrogen-bond donors (Lipinski definition) is 1. The van der Waals surface area contributed by atoms with Crippen molar-refractivity contribution in [1.82, 2.24) is 15.2 Å². The Hall–Kier alpha value is -2.83. The number of imide groups is 1. The molecule has 100 valence electrons. The van der Waals surface area contributed by atoms with Crippen molar-refractivity contribution < 1.29 is 9.59 Å². The summed E-state index contributed by atoms with van der Waals surface area (Å²) in [5.41, 5.74) is 7.74. The fourth-order valence-electron chi connectivity index (χ4n) is 2.03. The smallest absolute Gasteiger partial charge is 0.270 e. The van der Waals surface area contributed by atoms with E-state index in [-0.39, 0.29) is 22.8 Å². The molecule has 7 heteroatoms. The third kappa shape index (κ3) is 1.56. The molecule has 7 nitrogen and oxygen atoms in total. The summed E-state index contributed by atoms with van der Waals surface area (Å²) in [6.07, 6.45) is 0. The van der Waals surface area contributed by atoms with Crippen LogP contribution < -0.4 is 10.6 Å². The number of aryl methyl sites for hydroxylation is 2. The van der Waals surface area contributed by atoms with Gasteiger partial charge in [0.05, 0.1) is 22.5 Å². The number of rotatable bonds is 1. The zero-order valence-corrected chi connectivity index (χ0v) is 10.9. The predicted octanol–water partition coefficient (Wildman–Crippen LogP) is 0.871. The van der Waals surface area contributed by atoms with E-state index in [1.807, 2.05) is 0 Å². The van der Waals surface area contributed by atoms with Gasteiger partial charge in [0.25, 0.3) is 17.8 Å². The Kier molecular flexibility index (Phi) is 2.50. The fourth-order valence-corrected chi connectivity index (χ4v) is 2.03. The second-order valence-electron chi connectivity index (χ2n) is 4.50. The minimum atomic E-state index is -0.520. The average Bonchev–Trinajstić information content (AvgIpc) is 2.67. The van der Waals surface area contributed by atoms with E-state index < -0.39 is 11.8 Å². The van der Waals surface area contributed by atoms with Crippen molar-refractivity contribution in [3.05, 3.63) is 40.7 Å². The monoisotopic (exact) mass is 269 g/mol. The molecule has 1 aromatic heterocycles. The van der Waals surface area contributed by atoms with E-state index in [1.165, 1.54) is 0 Å². The summed E-state index contributed by atoms with van der Waals surface area (Å²) in [5, 5.41) is 7.70. The fraction of sp³-hybridized carbons (Fsp3) is 0.154. The first-order valence-electron chi connectivity index (χ1n) is 5.96. The molecule has 1 aromatic carbocycles. The molecule has 0 unspecified atom stereocenters. The maximum absolute atomic E-state index is 12.3. The summed E-state index contributed by atoms with van der Waals surface area (Å²) < 4.78 is 0. The topological polar surface area (TPSA) is 102 Å². The van der Waals surface area contributed by atoms with E-state index in [0.717, 1.165) is 4.90 Å². The molecule has 0 spiro atoms. The number of nitrogen functional groups attached to an aromatic ring is 1. The van der Waals surface area contributed by atoms with Crippen LogP contribution >= 0.6 is 0 Å². The van der Waals surface area contributed by atoms with Crippen molar-refractivity contribution >= 4 is 23.5 Å². The van der Waals surface area contributed by atoms with Crippen molar-refractivity contribution in [2.45, 2.75) is 13.8 Å². The molecule has 0 saturated heterocycles. The number of amides is 2. The molecule has 20 heavy (non-hydrogen) atoms. The number of nitrogens with two attached hydrogens (primary N) is 1. The lowest BCUT2D eigenvalue weighted by atomic mass is 10.1. The van der Waals surface area contributed by atoms with Gasteiger partial charge >= 0.3 is 0 Å². The number of anilines is 2. The summed E-state index contributed by atoms with van der Waals surface area (Å²) >= 11 is 0. The van der Waals surface area contributed by atoms with Crippen LogP contribution in [0.15, 0.2) is 18.2 Å². The summed E-state index contributed by atoms with van der Waals surface area (Å²) in [4.78, 5) is 29.7. The SMILES string of the molecule is Cc1nnc(N2C(=O)c3cccc(N)c3C2=O)nc1C. The van der Waals surface area contributed by atoms with Gasteiger partial charge in [0, 0.05) is 5.69 Å². The lowest BCUT2D eigenvalue weighted by molar-refractivity contribution is 0.0923. The van der Waals surface area contributed by atoms with Crippen LogP contribution in [0, 0.1) is 13.8 Å². The maximum Gasteiger partial charge on any atom is 0.270 e. The number of hydrogen-bond acceptors (Lipinski definition) is 6. The molecule has 2 amide bonds. The molecule has 0 aliphatic carbocycles. The Bertz CT molecular complexity index is 756. The Morgan fingerprint density at radius 3 is 2.45 bits per heavy atom. The molecular formula is C13H11N5O2. The van der Waals surface area contributed by atoms with E-state index in [9.17, 15) is 9.59 Å². The van der Waals surface area contributed by atoms with Crippen molar-refractivity contribution in [2.24, 2.45) is 0 Å². The third-order valence-electron chi connectivity index (χ3n) is 3.23. The van der Waals surface area contributed by atoms with Crippen LogP contribution in [-0.2, 0) is 0 Å². The quantitative estimate of drug-likeness (QED) is 0.608. The van der Waals surface area contributed by atoms with Gasteiger partial charge < -0.3 is 5.73 Å². The molecular weight excluding hydrogens is 258 g/mol. The highest BCUT2D eigenvalue weighted by Crippen LogP contribution is 2.29. The molecule has 0 saturated carbocycles. The van der Waals surface area contributed by atoms with Gasteiger partial charge in [-0.1, -0.05) is 6.07 Å². The first-order chi connectivity index (χ1) is 9.50. The van der Waals surface area contributed by atoms with Crippen molar-refractivity contribution in [2.75, 3.05) is 10.6 Å². The highest BCUT2D eigenvalue weighted by molar-refractivity contribution is 6.35. The van der Waals surface area contributed by atoms with Crippen molar-refractivity contribution in [3.63, 3.8) is 0 Å². The third-order valence-corrected chi connectivity index (χ3v) is 3.23. The van der Waals surface area contributed by atoms with E-state index >= 15 is 0 Å². The number of aromatic nitrogens is 3. The van der Waals surface area contributed by atoms with Crippen LogP contribution in [0.3, 0.4) is 0 Å². The molecule has 1 aliphatic rings. The zero-order chi connectivity index (χ0) is 14.4. The molecule has 2 aromatic rings. The van der Waals surface area contributed by atoms with Crippen LogP contribution in [0.4, 0.5) is 11.6 Å². The summed E-state index contributed by atoms with van der Waals surface area (Å²) in [7, 11) is 0. The average molecular weight is 269 g/mol. The van der Waals surface area contributed by atoms with Gasteiger partial charge in [-0.2, -0.15) is 5.10 Å². The van der Waals surface area contributed by atoms with Gasteiger partial charge in [0.2, 0.25) is 0 Å². The summed E-state index contributed by atoms with van der Waals surface area (Å²) in [5.74, 6) is -1.03. The normalized spacial score (nSPS) is 13.8. The first kappa shape index (κ1) is 12.2. The van der Waals surface area contributed by atoms with Gasteiger partial charge in [0.15, 0.2) is 0 Å². The number of carbonyl (C=O) groups excluding carboxylic acids is 2. The molecule has 0 radical (unpaired) electrons. The molecule has 3 rings (SSSR count). The van der Waals surface area contributed by atoms with Crippen LogP contribution in [0.5, 0.6) is 0 Å². The van der Waals surface area contributed by atoms with Crippen LogP contribution in [0.2, 0.25) is 0 Å². The van der Waals surface area contributed by atoms with Crippen LogP contribution in [0.1, 0.15) is 32.1 Å². The second-order valence-corrected chi connectivity index (χ2v) is 4.50. The molecule has 2 N–H and O–H groups in total. The Balaban J connectivity index is 2.14. The summed E-state index contributed by atoms with van der Waals surface area (Å²) in [6, 6.07) is 4.76. The molecule has 2 heterocycles. The Labute approximate surface area is 114 Å². The zero-order valence-electron chi connectivity index (χ0n) is 10.9. The Morgan fingerprint density at radius 1 is 1.05 bits per heavy atom. The van der Waals surface area contributed by atoms with Crippen molar-refractivity contribution in [1.29, 1.82) is 0 Å². The minimum Gasteiger partial charge on any atom is -0.398 e. The van der Waals surface area contributed by atoms with Gasteiger partial charge in [-0.15, -0.1) is 5.10 Å². The number of fused-ring (bicyclic) bond motifs is 1. The Morgan fingerprint density at radius 2 is 1.80 bits per heavy atom. The largest absolute Gasteiger partial charge is 0.398 e. The highest BCUT2D eigenvalue weighted by Gasteiger charge is 2.39. The van der Waals surface area contributed by atoms with E-state index in [4.69, 9.17) is 5.73 Å². The maximum atomic E-state index is 12.3.